The smallest absolute Gasteiger partial charge is 0.417 e. The first-order chi connectivity index (χ1) is 17.4. The van der Waals surface area contributed by atoms with Crippen LogP contribution in [0.4, 0.5) is 4.79 Å². The van der Waals surface area contributed by atoms with Crippen LogP contribution in [0.15, 0.2) is 75.7 Å². The summed E-state index contributed by atoms with van der Waals surface area (Å²) in [5.41, 5.74) is 0.391. The van der Waals surface area contributed by atoms with Crippen molar-refractivity contribution in [3.8, 4) is 22.9 Å². The number of rotatable bonds is 5. The van der Waals surface area contributed by atoms with Crippen molar-refractivity contribution < 1.29 is 23.2 Å². The Bertz CT molecular complexity index is 1380. The fourth-order valence-electron chi connectivity index (χ4n) is 3.61. The number of nitrogens with zero attached hydrogens (tertiary/aromatic N) is 3. The van der Waals surface area contributed by atoms with E-state index >= 15 is 0 Å². The van der Waals surface area contributed by atoms with Crippen LogP contribution in [0.25, 0.3) is 22.9 Å². The molecule has 0 atom stereocenters. The predicted octanol–water partition coefficient (Wildman–Crippen LogP) is 6.87. The van der Waals surface area contributed by atoms with Crippen LogP contribution < -0.4 is 0 Å². The first kappa shape index (κ1) is 25.9. The summed E-state index contributed by atoms with van der Waals surface area (Å²) in [7, 11) is 0. The van der Waals surface area contributed by atoms with Gasteiger partial charge in [0.1, 0.15) is 17.9 Å². The highest BCUT2D eigenvalue weighted by Gasteiger charge is 2.33. The molecule has 0 bridgehead atoms. The molecule has 0 aliphatic heterocycles. The van der Waals surface area contributed by atoms with Gasteiger partial charge < -0.3 is 13.6 Å². The van der Waals surface area contributed by atoms with E-state index in [-0.39, 0.29) is 18.3 Å². The Kier molecular flexibility index (Phi) is 7.03. The van der Waals surface area contributed by atoms with E-state index in [9.17, 15) is 9.59 Å². The number of carbonyl (C=O) groups excluding carboxylic acids is 2. The highest BCUT2D eigenvalue weighted by molar-refractivity contribution is 6.02. The lowest BCUT2D eigenvalue weighted by molar-refractivity contribution is 0.0212. The first-order valence-corrected chi connectivity index (χ1v) is 12.0. The van der Waals surface area contributed by atoms with Gasteiger partial charge in [0.05, 0.1) is 6.20 Å². The van der Waals surface area contributed by atoms with Crippen LogP contribution in [-0.4, -0.2) is 32.5 Å². The molecule has 0 saturated carbocycles. The minimum atomic E-state index is -0.795. The average Bonchev–Trinajstić information content (AvgIpc) is 3.49. The summed E-state index contributed by atoms with van der Waals surface area (Å²) >= 11 is 0. The van der Waals surface area contributed by atoms with Gasteiger partial charge in [-0.3, -0.25) is 4.79 Å². The van der Waals surface area contributed by atoms with Gasteiger partial charge in [-0.15, -0.1) is 0 Å². The molecule has 0 radical (unpaired) electrons. The third kappa shape index (κ3) is 6.14. The summed E-state index contributed by atoms with van der Waals surface area (Å²) in [6, 6.07) is 18.2. The second-order valence-electron chi connectivity index (χ2n) is 10.7. The second-order valence-corrected chi connectivity index (χ2v) is 10.7. The summed E-state index contributed by atoms with van der Waals surface area (Å²) in [6.07, 6.45) is 0.845. The number of imide groups is 1. The van der Waals surface area contributed by atoms with Gasteiger partial charge in [0.25, 0.3) is 5.91 Å². The maximum absolute atomic E-state index is 13.3. The van der Waals surface area contributed by atoms with Gasteiger partial charge in [0.15, 0.2) is 11.5 Å². The van der Waals surface area contributed by atoms with Gasteiger partial charge in [-0.25, -0.2) is 19.7 Å². The molecular formula is C29H31N3O5. The number of hydrogen-bond acceptors (Lipinski definition) is 7. The number of amides is 2. The zero-order chi connectivity index (χ0) is 26.8. The fraction of sp³-hybridized carbons (Fsp3) is 0.310. The Hall–Kier alpha value is -4.20. The van der Waals surface area contributed by atoms with E-state index in [2.05, 4.69) is 9.97 Å². The molecule has 0 spiro atoms. The highest BCUT2D eigenvalue weighted by Crippen LogP contribution is 2.35. The molecular weight excluding hydrogens is 470 g/mol. The maximum Gasteiger partial charge on any atom is 0.417 e. The number of hydrogen-bond donors (Lipinski definition) is 0. The predicted molar refractivity (Wildman–Crippen MR) is 139 cm³/mol. The van der Waals surface area contributed by atoms with Gasteiger partial charge in [-0.2, -0.15) is 0 Å². The van der Waals surface area contributed by atoms with Crippen molar-refractivity contribution in [2.75, 3.05) is 0 Å². The number of oxazole rings is 2. The molecule has 2 aromatic carbocycles. The van der Waals surface area contributed by atoms with E-state index in [1.807, 2.05) is 51.1 Å². The monoisotopic (exact) mass is 501 g/mol. The molecule has 0 aliphatic carbocycles. The van der Waals surface area contributed by atoms with Crippen LogP contribution in [0, 0.1) is 0 Å². The lowest BCUT2D eigenvalue weighted by Crippen LogP contribution is -2.40. The lowest BCUT2D eigenvalue weighted by atomic mass is 9.92. The van der Waals surface area contributed by atoms with Crippen LogP contribution in [0.5, 0.6) is 0 Å². The van der Waals surface area contributed by atoms with Gasteiger partial charge in [-0.05, 0) is 32.9 Å². The van der Waals surface area contributed by atoms with Crippen LogP contribution in [-0.2, 0) is 16.7 Å². The van der Waals surface area contributed by atoms with Crippen LogP contribution in [0.2, 0.25) is 0 Å². The largest absolute Gasteiger partial charge is 0.443 e. The van der Waals surface area contributed by atoms with E-state index in [1.54, 1.807) is 57.3 Å². The number of benzene rings is 2. The molecule has 2 aromatic heterocycles. The van der Waals surface area contributed by atoms with Crippen molar-refractivity contribution in [1.82, 2.24) is 14.9 Å². The zero-order valence-electron chi connectivity index (χ0n) is 21.9. The quantitative estimate of drug-likeness (QED) is 0.294. The summed E-state index contributed by atoms with van der Waals surface area (Å²) in [5.74, 6) is 1.05. The van der Waals surface area contributed by atoms with Gasteiger partial charge >= 0.3 is 6.09 Å². The molecule has 192 valence electrons. The Balaban J connectivity index is 1.71. The molecule has 0 unspecified atom stereocenters. The molecule has 2 heterocycles. The third-order valence-corrected chi connectivity index (χ3v) is 5.29. The third-order valence-electron chi connectivity index (χ3n) is 5.29. The van der Waals surface area contributed by atoms with Gasteiger partial charge in [0.2, 0.25) is 11.8 Å². The minimum absolute atomic E-state index is 0.162. The van der Waals surface area contributed by atoms with Crippen molar-refractivity contribution in [1.29, 1.82) is 0 Å². The van der Waals surface area contributed by atoms with E-state index in [0.717, 1.165) is 10.5 Å². The van der Waals surface area contributed by atoms with E-state index in [0.29, 0.717) is 22.8 Å². The van der Waals surface area contributed by atoms with Crippen LogP contribution >= 0.6 is 0 Å². The van der Waals surface area contributed by atoms with Crippen molar-refractivity contribution >= 4 is 12.0 Å². The molecule has 0 N–H and O–H groups in total. The Labute approximate surface area is 216 Å². The maximum atomic E-state index is 13.3. The van der Waals surface area contributed by atoms with Crippen molar-refractivity contribution in [3.63, 3.8) is 0 Å². The molecule has 0 saturated heterocycles. The lowest BCUT2D eigenvalue weighted by Gasteiger charge is -2.25. The molecule has 4 aromatic rings. The first-order valence-electron chi connectivity index (χ1n) is 12.0. The SMILES string of the molecule is CC(C)(C)OC(=O)N(Cc1nc(-c2ncc(-c3ccccc3)o2)c(C(C)(C)C)o1)C(=O)c1ccccc1. The summed E-state index contributed by atoms with van der Waals surface area (Å²) < 4.78 is 17.7. The van der Waals surface area contributed by atoms with Crippen molar-refractivity contribution in [2.45, 2.75) is 59.1 Å². The topological polar surface area (TPSA) is 98.7 Å². The normalized spacial score (nSPS) is 11.8. The van der Waals surface area contributed by atoms with Crippen molar-refractivity contribution in [3.05, 3.63) is 84.1 Å². The molecule has 0 aliphatic rings. The highest BCUT2D eigenvalue weighted by atomic mass is 16.6. The van der Waals surface area contributed by atoms with Gasteiger partial charge in [0, 0.05) is 16.5 Å². The number of carbonyl (C=O) groups is 2. The number of ether oxygens (including phenoxy) is 1. The summed E-state index contributed by atoms with van der Waals surface area (Å²) in [6.45, 7) is 10.9. The molecule has 8 nitrogen and oxygen atoms in total. The average molecular weight is 502 g/mol. The van der Waals surface area contributed by atoms with Crippen LogP contribution in [0.1, 0.15) is 63.6 Å². The Morgan fingerprint density at radius 2 is 1.51 bits per heavy atom. The summed E-state index contributed by atoms with van der Waals surface area (Å²) in [4.78, 5) is 36.5. The van der Waals surface area contributed by atoms with E-state index in [4.69, 9.17) is 13.6 Å². The Morgan fingerprint density at radius 3 is 2.11 bits per heavy atom. The molecule has 0 fully saturated rings. The van der Waals surface area contributed by atoms with E-state index in [1.165, 1.54) is 0 Å². The minimum Gasteiger partial charge on any atom is -0.443 e. The Morgan fingerprint density at radius 1 is 0.892 bits per heavy atom. The second kappa shape index (κ2) is 10.0. The van der Waals surface area contributed by atoms with E-state index < -0.39 is 23.0 Å². The summed E-state index contributed by atoms with van der Waals surface area (Å²) in [5, 5.41) is 0. The molecule has 4 rings (SSSR count). The van der Waals surface area contributed by atoms with Gasteiger partial charge in [-0.1, -0.05) is 69.3 Å². The number of aromatic nitrogens is 2. The standard InChI is InChI=1S/C29H31N3O5/c1-28(2,3)24-23(25-30-17-21(35-25)19-13-9-7-10-14-19)31-22(36-24)18-32(27(34)37-29(4,5)6)26(33)20-15-11-8-12-16-20/h7-17H,18H2,1-6H3. The van der Waals surface area contributed by atoms with Crippen molar-refractivity contribution in [2.24, 2.45) is 0 Å². The zero-order valence-corrected chi connectivity index (χ0v) is 21.9. The molecule has 2 amide bonds. The van der Waals surface area contributed by atoms with Crippen LogP contribution in [0.3, 0.4) is 0 Å². The fourth-order valence-corrected chi connectivity index (χ4v) is 3.61. The molecule has 37 heavy (non-hydrogen) atoms. The molecule has 8 heteroatoms.